The van der Waals surface area contributed by atoms with Gasteiger partial charge < -0.3 is 0 Å². The van der Waals surface area contributed by atoms with E-state index in [1.165, 1.54) is 240 Å². The van der Waals surface area contributed by atoms with E-state index < -0.39 is 0 Å². The molecule has 0 spiro atoms. The Morgan fingerprint density at radius 3 is 1.08 bits per heavy atom. The molecule has 0 saturated carbocycles. The number of hydrogen-bond donors (Lipinski definition) is 0. The Kier molecular flexibility index (Phi) is 24.1. The van der Waals surface area contributed by atoms with Crippen molar-refractivity contribution in [2.24, 2.45) is 5.18 Å². The molecule has 0 atom stereocenters. The minimum atomic E-state index is -0.0913. The van der Waals surface area contributed by atoms with Crippen molar-refractivity contribution in [3.8, 4) is 75.1 Å². The summed E-state index contributed by atoms with van der Waals surface area (Å²) < 4.78 is 0. The van der Waals surface area contributed by atoms with Gasteiger partial charge in [-0.15, -0.1) is 22.7 Å². The van der Waals surface area contributed by atoms with Crippen LogP contribution in [0.25, 0.3) is 80.7 Å². The third-order valence-corrected chi connectivity index (χ3v) is 25.3. The molecule has 0 radical (unpaired) electrons. The Bertz CT molecular complexity index is 4210. The molecule has 8 aromatic rings. The van der Waals surface area contributed by atoms with Gasteiger partial charge in [-0.1, -0.05) is 316 Å². The summed E-state index contributed by atoms with van der Waals surface area (Å²) >= 11 is 3.98. The number of benzene rings is 6. The normalized spacial score (nSPS) is 15.4. The molecule has 0 aliphatic heterocycles. The summed E-state index contributed by atoms with van der Waals surface area (Å²) in [5.41, 5.74) is 29.9. The van der Waals surface area contributed by atoms with Crippen molar-refractivity contribution >= 4 is 28.2 Å². The van der Waals surface area contributed by atoms with Gasteiger partial charge in [0.2, 0.25) is 0 Å². The zero-order valence-corrected chi connectivity index (χ0v) is 62.9. The van der Waals surface area contributed by atoms with E-state index in [0.29, 0.717) is 0 Å². The fourth-order valence-corrected chi connectivity index (χ4v) is 20.4. The summed E-state index contributed by atoms with van der Waals surface area (Å²) in [6.45, 7) is 25.4. The summed E-state index contributed by atoms with van der Waals surface area (Å²) in [6, 6.07) is 54.2. The fraction of sp³-hybridized carbons (Fsp3) is 0.404. The molecule has 98 heavy (non-hydrogen) atoms. The van der Waals surface area contributed by atoms with Crippen LogP contribution in [0.5, 0.6) is 0 Å². The first-order valence-corrected chi connectivity index (χ1v) is 40.0. The molecule has 510 valence electrons. The number of hydrogen-bond acceptors (Lipinski definition) is 4. The van der Waals surface area contributed by atoms with Gasteiger partial charge in [-0.2, -0.15) is 4.91 Å². The van der Waals surface area contributed by atoms with E-state index in [2.05, 4.69) is 256 Å². The van der Waals surface area contributed by atoms with Gasteiger partial charge in [-0.05, 0) is 212 Å². The summed E-state index contributed by atoms with van der Waals surface area (Å²) in [5, 5.41) is 2.25. The summed E-state index contributed by atoms with van der Waals surface area (Å²) in [7, 11) is 1.19. The lowest BCUT2D eigenvalue weighted by molar-refractivity contribution is 0.379. The van der Waals surface area contributed by atoms with Crippen molar-refractivity contribution in [3.05, 3.63) is 250 Å². The highest BCUT2D eigenvalue weighted by Gasteiger charge is 2.54. The van der Waals surface area contributed by atoms with Crippen LogP contribution in [-0.4, -0.2) is 7.05 Å². The van der Waals surface area contributed by atoms with Crippen molar-refractivity contribution < 1.29 is 0 Å². The quantitative estimate of drug-likeness (QED) is 0.0298. The van der Waals surface area contributed by atoms with Crippen LogP contribution >= 0.6 is 22.7 Å². The number of nitrogens with zero attached hydrogens (tertiary/aromatic N) is 1. The first-order valence-electron chi connectivity index (χ1n) is 38.3. The summed E-state index contributed by atoms with van der Waals surface area (Å²) in [6.07, 6.45) is 48.7. The molecule has 4 aliphatic carbocycles. The second kappa shape index (κ2) is 32.8. The lowest BCUT2D eigenvalue weighted by atomic mass is 9.62. The number of allylic oxidation sites excluding steroid dienone is 11. The number of nitroso groups, excluding NO2 is 1. The maximum Gasteiger partial charge on any atom is 0.0700 e. The lowest BCUT2D eigenvalue weighted by Gasteiger charge is -2.40. The predicted molar refractivity (Wildman–Crippen MR) is 432 cm³/mol. The molecular formula is C94H111NOS2. The Morgan fingerprint density at radius 2 is 0.694 bits per heavy atom. The Morgan fingerprint density at radius 1 is 0.357 bits per heavy atom. The highest BCUT2D eigenvalue weighted by molar-refractivity contribution is 7.25. The van der Waals surface area contributed by atoms with E-state index in [4.69, 9.17) is 4.91 Å². The second-order valence-electron chi connectivity index (χ2n) is 28.8. The standard InChI is InChI=1S/C93H108S2.CH3NO/c1-11-21-31-36-40-78-70(39-33-22-12-2)74-47-48-76-72-45-42-68(64-80(72)92(59-27-17-7,60-28-18-8)87(76)86(74)90(78,55-23-13-3)56-24-14-4)82-51-53-84(94-82)85-54-52-83(95-85)69-43-46-73-77-50-49-75-71-44-41-67(66-37-34-32-35-38-66)63-79(71)91(57-25-15-5,58-26-16-6)88(75)89(77)93(61-29-19-9,62-30-20-10)81(73)65-69;1-2-3/h11-12,21-22,31-54,63-65H,1,13-20,23-30,55-62H2,2-10H3;1H3/b22-12-,31-21+,39-33-,40-36+;. The first kappa shape index (κ1) is 72.0. The van der Waals surface area contributed by atoms with Crippen molar-refractivity contribution in [2.75, 3.05) is 7.05 Å². The van der Waals surface area contributed by atoms with E-state index in [-0.39, 0.29) is 21.7 Å². The highest BCUT2D eigenvalue weighted by Crippen LogP contribution is 2.67. The lowest BCUT2D eigenvalue weighted by Crippen LogP contribution is -2.33. The van der Waals surface area contributed by atoms with Gasteiger partial charge in [-0.3, -0.25) is 0 Å². The maximum absolute atomic E-state index is 8.56. The van der Waals surface area contributed by atoms with Crippen LogP contribution in [0.15, 0.2) is 205 Å². The fourth-order valence-electron chi connectivity index (χ4n) is 18.3. The number of unbranched alkanes of at least 4 members (excludes halogenated alkanes) is 8. The molecule has 2 heterocycles. The van der Waals surface area contributed by atoms with Crippen LogP contribution in [0.1, 0.15) is 261 Å². The van der Waals surface area contributed by atoms with E-state index in [0.717, 1.165) is 12.8 Å². The third kappa shape index (κ3) is 13.3. The maximum atomic E-state index is 8.56. The number of fused-ring (bicyclic) bond motifs is 12. The predicted octanol–water partition coefficient (Wildman–Crippen LogP) is 29.6. The third-order valence-electron chi connectivity index (χ3n) is 22.9. The molecule has 0 bridgehead atoms. The number of thiophene rings is 2. The molecule has 0 unspecified atom stereocenters. The molecule has 2 nitrogen and oxygen atoms in total. The van der Waals surface area contributed by atoms with Gasteiger partial charge in [0.25, 0.3) is 0 Å². The molecular weight excluding hydrogens is 1220 g/mol. The van der Waals surface area contributed by atoms with E-state index in [9.17, 15) is 0 Å². The minimum absolute atomic E-state index is 0.0337. The Balaban J connectivity index is 0.00000318. The van der Waals surface area contributed by atoms with Gasteiger partial charge in [0.1, 0.15) is 0 Å². The Hall–Kier alpha value is -7.24. The first-order chi connectivity index (χ1) is 48.1. The Labute approximate surface area is 599 Å². The summed E-state index contributed by atoms with van der Waals surface area (Å²) in [4.78, 5) is 14.0. The smallest absolute Gasteiger partial charge is 0.0700 e. The molecule has 0 fully saturated rings. The average Bonchev–Trinajstić information content (AvgIpc) is 1.52. The van der Waals surface area contributed by atoms with Gasteiger partial charge in [-0.25, -0.2) is 0 Å². The van der Waals surface area contributed by atoms with Gasteiger partial charge in [0, 0.05) is 41.2 Å². The second-order valence-corrected chi connectivity index (χ2v) is 31.0. The van der Waals surface area contributed by atoms with Crippen LogP contribution in [0.2, 0.25) is 0 Å². The zero-order valence-electron chi connectivity index (χ0n) is 61.2. The van der Waals surface area contributed by atoms with Gasteiger partial charge in [0.05, 0.1) is 7.05 Å². The van der Waals surface area contributed by atoms with Crippen LogP contribution in [0.3, 0.4) is 0 Å². The van der Waals surface area contributed by atoms with Crippen molar-refractivity contribution in [1.82, 2.24) is 0 Å². The van der Waals surface area contributed by atoms with Crippen LogP contribution in [0.4, 0.5) is 0 Å². The molecule has 6 aromatic carbocycles. The van der Waals surface area contributed by atoms with E-state index in [1.807, 2.05) is 28.7 Å². The molecule has 4 aliphatic rings. The SMILES string of the molecule is C=C/C=C/C=C/C1=C(/C=C\C=C/C)c2ccc3c(c2C1(CCCC)CCCC)C(CCCC)(CCCC)c1cc(-c2ccc(-c4ccc(-c5ccc6c(c5)C(CCCC)(CCCC)c5c-6ccc6c5C(CCCC)(CCCC)c5cc(-c7ccccc7)ccc5-6)s4)s2)ccc1-3.CN=O. The summed E-state index contributed by atoms with van der Waals surface area (Å²) in [5.74, 6) is 0. The number of rotatable bonds is 33. The van der Waals surface area contributed by atoms with Crippen LogP contribution in [0, 0.1) is 4.91 Å². The van der Waals surface area contributed by atoms with Crippen molar-refractivity contribution in [1.29, 1.82) is 0 Å². The molecule has 12 rings (SSSR count). The minimum Gasteiger partial charge on any atom is -0.151 e. The average molecular weight is 1340 g/mol. The molecule has 0 N–H and O–H groups in total. The molecule has 0 amide bonds. The van der Waals surface area contributed by atoms with E-state index >= 15 is 0 Å². The van der Waals surface area contributed by atoms with E-state index in [1.54, 1.807) is 38.9 Å². The monoisotopic (exact) mass is 1330 g/mol. The van der Waals surface area contributed by atoms with Crippen LogP contribution in [-0.2, 0) is 21.7 Å². The van der Waals surface area contributed by atoms with Gasteiger partial charge >= 0.3 is 0 Å². The topological polar surface area (TPSA) is 29.4 Å². The van der Waals surface area contributed by atoms with Crippen LogP contribution < -0.4 is 0 Å². The highest BCUT2D eigenvalue weighted by atomic mass is 32.1. The molecule has 0 saturated heterocycles. The molecule has 2 aromatic heterocycles. The van der Waals surface area contributed by atoms with Crippen molar-refractivity contribution in [2.45, 2.75) is 238 Å². The largest absolute Gasteiger partial charge is 0.151 e. The van der Waals surface area contributed by atoms with Crippen molar-refractivity contribution in [3.63, 3.8) is 0 Å². The van der Waals surface area contributed by atoms with Gasteiger partial charge in [0.15, 0.2) is 0 Å². The zero-order chi connectivity index (χ0) is 68.9. The molecule has 4 heteroatoms.